The smallest absolute Gasteiger partial charge is 0.223 e. The first-order valence-corrected chi connectivity index (χ1v) is 6.47. The molecule has 0 aliphatic heterocycles. The lowest BCUT2D eigenvalue weighted by Crippen LogP contribution is -2.39. The number of Topliss-reactive ketones (excluding diaryl/α,β-unsaturated/α-hetero) is 1. The minimum absolute atomic E-state index is 0.0282. The van der Waals surface area contributed by atoms with Crippen molar-refractivity contribution in [3.63, 3.8) is 0 Å². The first kappa shape index (κ1) is 14.9. The zero-order chi connectivity index (χ0) is 13.9. The van der Waals surface area contributed by atoms with Crippen molar-refractivity contribution in [2.24, 2.45) is 5.41 Å². The van der Waals surface area contributed by atoms with Gasteiger partial charge in [0.15, 0.2) is 0 Å². The SMILES string of the molecule is CC(=O)CC(C)(C)C(Cc1cc(Br)c[nH]1)[N+](=O)[O-]. The molecular weight excluding hydrogens is 300 g/mol. The number of aromatic amines is 1. The fourth-order valence-corrected chi connectivity index (χ4v) is 2.52. The van der Waals surface area contributed by atoms with Crippen molar-refractivity contribution < 1.29 is 9.72 Å². The second-order valence-corrected chi connectivity index (χ2v) is 6.13. The lowest BCUT2D eigenvalue weighted by Gasteiger charge is -2.26. The summed E-state index contributed by atoms with van der Waals surface area (Å²) in [6, 6.07) is 1.03. The van der Waals surface area contributed by atoms with Crippen LogP contribution in [0.2, 0.25) is 0 Å². The Kier molecular flexibility index (Phi) is 4.67. The van der Waals surface area contributed by atoms with E-state index in [1.54, 1.807) is 20.0 Å². The molecule has 100 valence electrons. The molecule has 1 heterocycles. The molecule has 0 fully saturated rings. The number of carbonyl (C=O) groups is 1. The summed E-state index contributed by atoms with van der Waals surface area (Å²) in [5.41, 5.74) is 0.132. The number of hydrogen-bond donors (Lipinski definition) is 1. The van der Waals surface area contributed by atoms with Crippen molar-refractivity contribution in [3.05, 3.63) is 32.5 Å². The number of rotatable bonds is 6. The second kappa shape index (κ2) is 5.65. The Bertz CT molecular complexity index is 454. The zero-order valence-corrected chi connectivity index (χ0v) is 12.3. The molecule has 1 rings (SSSR count). The van der Waals surface area contributed by atoms with Gasteiger partial charge < -0.3 is 9.78 Å². The van der Waals surface area contributed by atoms with Crippen molar-refractivity contribution in [1.29, 1.82) is 0 Å². The minimum atomic E-state index is -0.785. The van der Waals surface area contributed by atoms with Gasteiger partial charge in [0.1, 0.15) is 5.78 Å². The van der Waals surface area contributed by atoms with Crippen LogP contribution in [-0.2, 0) is 11.2 Å². The van der Waals surface area contributed by atoms with Crippen LogP contribution >= 0.6 is 15.9 Å². The summed E-state index contributed by atoms with van der Waals surface area (Å²) in [6.45, 7) is 4.99. The van der Waals surface area contributed by atoms with E-state index in [1.165, 1.54) is 6.92 Å². The summed E-state index contributed by atoms with van der Waals surface area (Å²) in [7, 11) is 0. The molecule has 0 spiro atoms. The predicted molar refractivity (Wildman–Crippen MR) is 72.1 cm³/mol. The molecule has 1 aromatic heterocycles. The van der Waals surface area contributed by atoms with Crippen molar-refractivity contribution in [2.45, 2.75) is 39.7 Å². The average molecular weight is 317 g/mol. The third kappa shape index (κ3) is 3.94. The molecule has 0 saturated carbocycles. The summed E-state index contributed by atoms with van der Waals surface area (Å²) >= 11 is 3.29. The molecule has 18 heavy (non-hydrogen) atoms. The number of halogens is 1. The highest BCUT2D eigenvalue weighted by molar-refractivity contribution is 9.10. The van der Waals surface area contributed by atoms with Crippen LogP contribution in [0.5, 0.6) is 0 Å². The van der Waals surface area contributed by atoms with E-state index >= 15 is 0 Å². The quantitative estimate of drug-likeness (QED) is 0.647. The Balaban J connectivity index is 2.89. The van der Waals surface area contributed by atoms with Crippen molar-refractivity contribution in [1.82, 2.24) is 4.98 Å². The molecular formula is C12H17BrN2O3. The largest absolute Gasteiger partial charge is 0.364 e. The van der Waals surface area contributed by atoms with Gasteiger partial charge in [-0.05, 0) is 28.9 Å². The van der Waals surface area contributed by atoms with Crippen LogP contribution in [-0.4, -0.2) is 21.7 Å². The highest BCUT2D eigenvalue weighted by atomic mass is 79.9. The Morgan fingerprint density at radius 1 is 1.61 bits per heavy atom. The maximum Gasteiger partial charge on any atom is 0.223 e. The van der Waals surface area contributed by atoms with E-state index in [2.05, 4.69) is 20.9 Å². The summed E-state index contributed by atoms with van der Waals surface area (Å²) in [5.74, 6) is -0.0282. The van der Waals surface area contributed by atoms with Gasteiger partial charge in [-0.15, -0.1) is 0 Å². The molecule has 6 heteroatoms. The standard InChI is InChI=1S/C12H17BrN2O3/c1-8(16)6-12(2,3)11(15(17)18)5-10-4-9(13)7-14-10/h4,7,11,14H,5-6H2,1-3H3. The second-order valence-electron chi connectivity index (χ2n) is 5.22. The molecule has 0 saturated heterocycles. The molecule has 1 atom stereocenters. The molecule has 5 nitrogen and oxygen atoms in total. The van der Waals surface area contributed by atoms with Gasteiger partial charge in [-0.2, -0.15) is 0 Å². The third-order valence-electron chi connectivity index (χ3n) is 2.98. The number of ketones is 1. The average Bonchev–Trinajstić information content (AvgIpc) is 2.57. The van der Waals surface area contributed by atoms with Gasteiger partial charge in [0.05, 0.1) is 6.42 Å². The highest BCUT2D eigenvalue weighted by Gasteiger charge is 2.40. The Hall–Kier alpha value is -1.17. The first-order valence-electron chi connectivity index (χ1n) is 5.68. The summed E-state index contributed by atoms with van der Waals surface area (Å²) in [5, 5.41) is 11.2. The predicted octanol–water partition coefficient (Wildman–Crippen LogP) is 2.97. The fraction of sp³-hybridized carbons (Fsp3) is 0.583. The number of nitro groups is 1. The number of nitrogens with one attached hydrogen (secondary N) is 1. The molecule has 0 amide bonds. The molecule has 1 unspecified atom stereocenters. The topological polar surface area (TPSA) is 76.0 Å². The number of H-pyrrole nitrogens is 1. The van der Waals surface area contributed by atoms with Crippen LogP contribution in [0.15, 0.2) is 16.7 Å². The van der Waals surface area contributed by atoms with E-state index in [0.29, 0.717) is 6.42 Å². The highest BCUT2D eigenvalue weighted by Crippen LogP contribution is 2.30. The van der Waals surface area contributed by atoms with Gasteiger partial charge in [0.2, 0.25) is 6.04 Å². The fourth-order valence-electron chi connectivity index (χ4n) is 2.13. The van der Waals surface area contributed by atoms with Crippen LogP contribution in [0.3, 0.4) is 0 Å². The van der Waals surface area contributed by atoms with Crippen molar-refractivity contribution in [2.75, 3.05) is 0 Å². The monoisotopic (exact) mass is 316 g/mol. The van der Waals surface area contributed by atoms with Crippen LogP contribution in [0.25, 0.3) is 0 Å². The van der Waals surface area contributed by atoms with Crippen LogP contribution in [0.1, 0.15) is 32.9 Å². The van der Waals surface area contributed by atoms with E-state index in [9.17, 15) is 14.9 Å². The van der Waals surface area contributed by atoms with Gasteiger partial charge in [-0.25, -0.2) is 0 Å². The zero-order valence-electron chi connectivity index (χ0n) is 10.7. The maximum atomic E-state index is 11.2. The van der Waals surface area contributed by atoms with Crippen molar-refractivity contribution >= 4 is 21.7 Å². The van der Waals surface area contributed by atoms with Crippen LogP contribution in [0, 0.1) is 15.5 Å². The summed E-state index contributed by atoms with van der Waals surface area (Å²) in [6.07, 6.45) is 2.24. The molecule has 0 radical (unpaired) electrons. The van der Waals surface area contributed by atoms with Gasteiger partial charge in [0, 0.05) is 33.1 Å². The van der Waals surface area contributed by atoms with Crippen molar-refractivity contribution in [3.8, 4) is 0 Å². The minimum Gasteiger partial charge on any atom is -0.364 e. The van der Waals surface area contributed by atoms with E-state index in [4.69, 9.17) is 0 Å². The lowest BCUT2D eigenvalue weighted by atomic mass is 9.78. The number of carbonyl (C=O) groups excluding carboxylic acids is 1. The number of nitrogens with zero attached hydrogens (tertiary/aromatic N) is 1. The maximum absolute atomic E-state index is 11.2. The normalized spacial score (nSPS) is 13.3. The van der Waals surface area contributed by atoms with Gasteiger partial charge in [-0.1, -0.05) is 13.8 Å². The van der Waals surface area contributed by atoms with Crippen LogP contribution < -0.4 is 0 Å². The first-order chi connectivity index (χ1) is 8.22. The lowest BCUT2D eigenvalue weighted by molar-refractivity contribution is -0.540. The van der Waals surface area contributed by atoms with E-state index in [-0.39, 0.29) is 17.1 Å². The molecule has 0 bridgehead atoms. The Morgan fingerprint density at radius 2 is 2.22 bits per heavy atom. The Labute approximate surface area is 114 Å². The third-order valence-corrected chi connectivity index (χ3v) is 3.44. The summed E-state index contributed by atoms with van der Waals surface area (Å²) < 4.78 is 0.865. The van der Waals surface area contributed by atoms with E-state index < -0.39 is 11.5 Å². The van der Waals surface area contributed by atoms with Gasteiger partial charge in [-0.3, -0.25) is 10.1 Å². The van der Waals surface area contributed by atoms with Crippen LogP contribution in [0.4, 0.5) is 0 Å². The molecule has 1 aromatic rings. The number of hydrogen-bond acceptors (Lipinski definition) is 3. The number of aromatic nitrogens is 1. The van der Waals surface area contributed by atoms with E-state index in [1.807, 2.05) is 6.07 Å². The van der Waals surface area contributed by atoms with Gasteiger partial charge >= 0.3 is 0 Å². The Morgan fingerprint density at radius 3 is 2.61 bits per heavy atom. The molecule has 0 aromatic carbocycles. The van der Waals surface area contributed by atoms with Gasteiger partial charge in [0.25, 0.3) is 0 Å². The van der Waals surface area contributed by atoms with E-state index in [0.717, 1.165) is 10.2 Å². The molecule has 0 aliphatic rings. The molecule has 1 N–H and O–H groups in total. The summed E-state index contributed by atoms with van der Waals surface area (Å²) in [4.78, 5) is 25.1. The molecule has 0 aliphatic carbocycles.